The zero-order chi connectivity index (χ0) is 24.2. The SMILES string of the molecule is O=c1c(CCc2ccc(F)cc2)c(-c2ccc3c(c2)OC(F)(F)O3)[nH]n1-c1nc2ccccc2[nH]1. The van der Waals surface area contributed by atoms with Crippen LogP contribution in [0.2, 0.25) is 0 Å². The van der Waals surface area contributed by atoms with E-state index < -0.39 is 6.29 Å². The molecule has 0 fully saturated rings. The van der Waals surface area contributed by atoms with Gasteiger partial charge in [-0.2, -0.15) is 4.68 Å². The quantitative estimate of drug-likeness (QED) is 0.374. The highest BCUT2D eigenvalue weighted by Crippen LogP contribution is 2.43. The molecule has 1 aliphatic rings. The molecule has 0 saturated heterocycles. The molecule has 0 amide bonds. The van der Waals surface area contributed by atoms with Crippen molar-refractivity contribution >= 4 is 11.0 Å². The molecule has 0 aliphatic carbocycles. The summed E-state index contributed by atoms with van der Waals surface area (Å²) in [6, 6.07) is 17.7. The molecule has 0 spiro atoms. The average Bonchev–Trinajstić information content (AvgIpc) is 3.49. The predicted molar refractivity (Wildman–Crippen MR) is 121 cm³/mol. The van der Waals surface area contributed by atoms with Gasteiger partial charge < -0.3 is 14.5 Å². The Morgan fingerprint density at radius 1 is 0.943 bits per heavy atom. The molecule has 3 aromatic carbocycles. The highest BCUT2D eigenvalue weighted by atomic mass is 19.3. The Labute approximate surface area is 195 Å². The van der Waals surface area contributed by atoms with E-state index in [1.54, 1.807) is 18.2 Å². The zero-order valence-electron chi connectivity index (χ0n) is 18.0. The van der Waals surface area contributed by atoms with Crippen molar-refractivity contribution < 1.29 is 22.6 Å². The number of ether oxygens (including phenoxy) is 2. The van der Waals surface area contributed by atoms with E-state index in [1.807, 2.05) is 24.3 Å². The lowest BCUT2D eigenvalue weighted by molar-refractivity contribution is -0.286. The number of H-pyrrole nitrogens is 2. The molecule has 35 heavy (non-hydrogen) atoms. The van der Waals surface area contributed by atoms with Gasteiger partial charge in [-0.1, -0.05) is 24.3 Å². The number of hydrogen-bond acceptors (Lipinski definition) is 4. The molecule has 2 N–H and O–H groups in total. The first-order valence-electron chi connectivity index (χ1n) is 10.8. The van der Waals surface area contributed by atoms with Gasteiger partial charge in [0, 0.05) is 11.1 Å². The fourth-order valence-corrected chi connectivity index (χ4v) is 4.16. The van der Waals surface area contributed by atoms with Crippen molar-refractivity contribution in [3.63, 3.8) is 0 Å². The monoisotopic (exact) mass is 478 g/mol. The fourth-order valence-electron chi connectivity index (χ4n) is 4.16. The lowest BCUT2D eigenvalue weighted by Crippen LogP contribution is -2.25. The summed E-state index contributed by atoms with van der Waals surface area (Å²) in [5.74, 6) is -0.279. The van der Waals surface area contributed by atoms with Crippen LogP contribution in [-0.4, -0.2) is 26.0 Å². The van der Waals surface area contributed by atoms with Crippen molar-refractivity contribution in [3.8, 4) is 28.7 Å². The molecule has 7 nitrogen and oxygen atoms in total. The first kappa shape index (κ1) is 21.1. The molecule has 1 aliphatic heterocycles. The smallest absolute Gasteiger partial charge is 0.395 e. The third kappa shape index (κ3) is 3.82. The number of benzene rings is 3. The van der Waals surface area contributed by atoms with Crippen molar-refractivity contribution in [2.24, 2.45) is 0 Å². The van der Waals surface area contributed by atoms with Gasteiger partial charge in [0.1, 0.15) is 5.82 Å². The highest BCUT2D eigenvalue weighted by Gasteiger charge is 2.43. The number of nitrogens with one attached hydrogen (secondary N) is 2. The molecule has 0 bridgehead atoms. The maximum Gasteiger partial charge on any atom is 0.586 e. The van der Waals surface area contributed by atoms with Crippen molar-refractivity contribution in [1.29, 1.82) is 0 Å². The van der Waals surface area contributed by atoms with Gasteiger partial charge in [-0.3, -0.25) is 9.89 Å². The van der Waals surface area contributed by atoms with Crippen LogP contribution in [0.1, 0.15) is 11.1 Å². The van der Waals surface area contributed by atoms with Gasteiger partial charge in [-0.25, -0.2) is 9.37 Å². The molecular weight excluding hydrogens is 461 g/mol. The molecule has 0 atom stereocenters. The second kappa shape index (κ2) is 7.79. The summed E-state index contributed by atoms with van der Waals surface area (Å²) >= 11 is 0. The van der Waals surface area contributed by atoms with Gasteiger partial charge in [-0.05, 0) is 60.9 Å². The maximum absolute atomic E-state index is 13.5. The van der Waals surface area contributed by atoms with Crippen LogP contribution >= 0.6 is 0 Å². The number of halogens is 3. The molecule has 0 radical (unpaired) electrons. The Balaban J connectivity index is 1.44. The first-order chi connectivity index (χ1) is 16.9. The number of alkyl halides is 2. The van der Waals surface area contributed by atoms with Gasteiger partial charge in [0.15, 0.2) is 11.5 Å². The summed E-state index contributed by atoms with van der Waals surface area (Å²) in [6.07, 6.45) is -2.97. The van der Waals surface area contributed by atoms with Crippen LogP contribution in [0.4, 0.5) is 13.2 Å². The molecule has 6 rings (SSSR count). The molecule has 3 heterocycles. The number of imidazole rings is 1. The van der Waals surface area contributed by atoms with Gasteiger partial charge in [0.2, 0.25) is 5.95 Å². The number of rotatable bonds is 5. The largest absolute Gasteiger partial charge is 0.586 e. The number of hydrogen-bond donors (Lipinski definition) is 2. The summed E-state index contributed by atoms with van der Waals surface area (Å²) in [5.41, 5.74) is 3.25. The van der Waals surface area contributed by atoms with E-state index in [1.165, 1.54) is 28.9 Å². The van der Waals surface area contributed by atoms with E-state index in [0.29, 0.717) is 35.2 Å². The molecular formula is C25H17F3N4O3. The van der Waals surface area contributed by atoms with Gasteiger partial charge >= 0.3 is 6.29 Å². The van der Waals surface area contributed by atoms with Crippen molar-refractivity contribution in [1.82, 2.24) is 19.7 Å². The number of aryl methyl sites for hydroxylation is 1. The number of aromatic nitrogens is 4. The van der Waals surface area contributed by atoms with E-state index in [0.717, 1.165) is 11.1 Å². The van der Waals surface area contributed by atoms with Crippen molar-refractivity contribution in [2.45, 2.75) is 19.1 Å². The zero-order valence-corrected chi connectivity index (χ0v) is 18.0. The summed E-state index contributed by atoms with van der Waals surface area (Å²) in [4.78, 5) is 21.1. The third-order valence-corrected chi connectivity index (χ3v) is 5.84. The molecule has 2 aromatic heterocycles. The number of aromatic amines is 2. The Morgan fingerprint density at radius 3 is 2.51 bits per heavy atom. The Kier molecular flexibility index (Phi) is 4.70. The van der Waals surface area contributed by atoms with E-state index >= 15 is 0 Å². The van der Waals surface area contributed by atoms with E-state index in [4.69, 9.17) is 0 Å². The number of para-hydroxylation sites is 2. The van der Waals surface area contributed by atoms with E-state index in [2.05, 4.69) is 24.5 Å². The fraction of sp³-hybridized carbons (Fsp3) is 0.120. The predicted octanol–water partition coefficient (Wildman–Crippen LogP) is 4.95. The number of nitrogens with zero attached hydrogens (tertiary/aromatic N) is 2. The van der Waals surface area contributed by atoms with Crippen molar-refractivity contribution in [3.05, 3.63) is 94.0 Å². The minimum absolute atomic E-state index is 0.0920. The minimum Gasteiger partial charge on any atom is -0.395 e. The Morgan fingerprint density at radius 2 is 1.71 bits per heavy atom. The average molecular weight is 478 g/mol. The minimum atomic E-state index is -3.75. The molecule has 0 saturated carbocycles. The van der Waals surface area contributed by atoms with Gasteiger partial charge in [0.25, 0.3) is 5.56 Å². The molecule has 5 aromatic rings. The van der Waals surface area contributed by atoms with Crippen molar-refractivity contribution in [2.75, 3.05) is 0 Å². The van der Waals surface area contributed by atoms with Crippen LogP contribution in [0.15, 0.2) is 71.5 Å². The highest BCUT2D eigenvalue weighted by molar-refractivity contribution is 5.76. The second-order valence-electron chi connectivity index (χ2n) is 8.14. The van der Waals surface area contributed by atoms with Gasteiger partial charge in [0.05, 0.1) is 16.7 Å². The second-order valence-corrected chi connectivity index (χ2v) is 8.14. The van der Waals surface area contributed by atoms with Crippen LogP contribution < -0.4 is 15.0 Å². The van der Waals surface area contributed by atoms with E-state index in [9.17, 15) is 18.0 Å². The van der Waals surface area contributed by atoms with Crippen LogP contribution in [0.3, 0.4) is 0 Å². The van der Waals surface area contributed by atoms with Gasteiger partial charge in [-0.15, -0.1) is 8.78 Å². The summed E-state index contributed by atoms with van der Waals surface area (Å²) in [6.45, 7) is 0. The van der Waals surface area contributed by atoms with Crippen LogP contribution in [-0.2, 0) is 12.8 Å². The third-order valence-electron chi connectivity index (χ3n) is 5.84. The lowest BCUT2D eigenvalue weighted by Gasteiger charge is -2.05. The standard InChI is InChI=1S/C25H17F3N4O3/c26-16-9-5-14(6-10-16)7-11-17-22(15-8-12-20-21(13-15)35-25(27,28)34-20)31-32(23(17)33)24-29-18-3-1-2-4-19(18)30-24/h1-6,8-10,12-13,31H,7,11H2,(H,29,30). The molecule has 176 valence electrons. The topological polar surface area (TPSA) is 84.9 Å². The summed E-state index contributed by atoms with van der Waals surface area (Å²) in [7, 11) is 0. The maximum atomic E-state index is 13.5. The van der Waals surface area contributed by atoms with E-state index in [-0.39, 0.29) is 28.8 Å². The summed E-state index contributed by atoms with van der Waals surface area (Å²) < 4.78 is 50.7. The molecule has 10 heteroatoms. The molecule has 0 unspecified atom stereocenters. The lowest BCUT2D eigenvalue weighted by atomic mass is 10.0. The Hall–Kier alpha value is -4.47. The summed E-state index contributed by atoms with van der Waals surface area (Å²) in [5, 5.41) is 3.07. The normalized spacial score (nSPS) is 14.0. The van der Waals surface area contributed by atoms with Crippen LogP contribution in [0, 0.1) is 5.82 Å². The number of fused-ring (bicyclic) bond motifs is 2. The van der Waals surface area contributed by atoms with Crippen LogP contribution in [0.5, 0.6) is 11.5 Å². The van der Waals surface area contributed by atoms with Crippen LogP contribution in [0.25, 0.3) is 28.2 Å². The Bertz CT molecular complexity index is 1590. The first-order valence-corrected chi connectivity index (χ1v) is 10.8.